The second kappa shape index (κ2) is 4.91. The lowest BCUT2D eigenvalue weighted by Gasteiger charge is -2.08. The molecule has 0 aromatic carbocycles. The van der Waals surface area contributed by atoms with Gasteiger partial charge in [0.15, 0.2) is 0 Å². The SMILES string of the molecule is CC1(CNC(=O)c2csc(C#CCO)c2)CC1. The van der Waals surface area contributed by atoms with Gasteiger partial charge < -0.3 is 10.4 Å². The Morgan fingerprint density at radius 3 is 3.06 bits per heavy atom. The van der Waals surface area contributed by atoms with Crippen molar-refractivity contribution in [1.29, 1.82) is 0 Å². The molecule has 1 aromatic rings. The molecule has 2 N–H and O–H groups in total. The van der Waals surface area contributed by atoms with Gasteiger partial charge in [-0.3, -0.25) is 4.79 Å². The molecular formula is C13H15NO2S. The number of aliphatic hydroxyl groups excluding tert-OH is 1. The van der Waals surface area contributed by atoms with Crippen LogP contribution in [0.25, 0.3) is 0 Å². The second-order valence-corrected chi connectivity index (χ2v) is 5.56. The first-order valence-electron chi connectivity index (χ1n) is 5.59. The van der Waals surface area contributed by atoms with Gasteiger partial charge in [-0.15, -0.1) is 11.3 Å². The quantitative estimate of drug-likeness (QED) is 0.800. The third-order valence-electron chi connectivity index (χ3n) is 2.93. The summed E-state index contributed by atoms with van der Waals surface area (Å²) in [6.45, 7) is 2.77. The molecule has 3 nitrogen and oxygen atoms in total. The summed E-state index contributed by atoms with van der Waals surface area (Å²) in [5, 5.41) is 13.3. The molecule has 0 saturated heterocycles. The molecule has 1 aliphatic carbocycles. The average molecular weight is 249 g/mol. The number of aliphatic hydroxyl groups is 1. The lowest BCUT2D eigenvalue weighted by Crippen LogP contribution is -2.28. The monoisotopic (exact) mass is 249 g/mol. The molecule has 17 heavy (non-hydrogen) atoms. The van der Waals surface area contributed by atoms with Crippen LogP contribution in [0.2, 0.25) is 0 Å². The van der Waals surface area contributed by atoms with E-state index in [4.69, 9.17) is 5.11 Å². The fourth-order valence-electron chi connectivity index (χ4n) is 1.43. The largest absolute Gasteiger partial charge is 0.384 e. The zero-order valence-electron chi connectivity index (χ0n) is 9.75. The van der Waals surface area contributed by atoms with Gasteiger partial charge in [0.05, 0.1) is 10.4 Å². The van der Waals surface area contributed by atoms with E-state index in [9.17, 15) is 4.79 Å². The number of rotatable bonds is 3. The molecular weight excluding hydrogens is 234 g/mol. The maximum Gasteiger partial charge on any atom is 0.252 e. The molecule has 0 spiro atoms. The van der Waals surface area contributed by atoms with Crippen LogP contribution in [-0.4, -0.2) is 24.2 Å². The second-order valence-electron chi connectivity index (χ2n) is 4.65. The molecule has 2 rings (SSSR count). The van der Waals surface area contributed by atoms with E-state index in [1.54, 1.807) is 11.4 Å². The summed E-state index contributed by atoms with van der Waals surface area (Å²) in [6, 6.07) is 1.76. The Morgan fingerprint density at radius 1 is 1.65 bits per heavy atom. The van der Waals surface area contributed by atoms with Gasteiger partial charge in [-0.2, -0.15) is 0 Å². The predicted molar refractivity (Wildman–Crippen MR) is 68.0 cm³/mol. The summed E-state index contributed by atoms with van der Waals surface area (Å²) in [7, 11) is 0. The molecule has 4 heteroatoms. The molecule has 1 saturated carbocycles. The fourth-order valence-corrected chi connectivity index (χ4v) is 2.19. The predicted octanol–water partition coefficient (Wildman–Crippen LogP) is 1.62. The minimum Gasteiger partial charge on any atom is -0.384 e. The van der Waals surface area contributed by atoms with Crippen LogP contribution in [0.4, 0.5) is 0 Å². The fraction of sp³-hybridized carbons (Fsp3) is 0.462. The molecule has 1 fully saturated rings. The molecule has 90 valence electrons. The number of amides is 1. The van der Waals surface area contributed by atoms with Gasteiger partial charge >= 0.3 is 0 Å². The molecule has 0 radical (unpaired) electrons. The Hall–Kier alpha value is -1.31. The van der Waals surface area contributed by atoms with Crippen LogP contribution in [0, 0.1) is 17.3 Å². The summed E-state index contributed by atoms with van der Waals surface area (Å²) >= 11 is 1.42. The third kappa shape index (κ3) is 3.32. The Balaban J connectivity index is 1.92. The molecule has 0 bridgehead atoms. The van der Waals surface area contributed by atoms with Crippen LogP contribution in [-0.2, 0) is 0 Å². The highest BCUT2D eigenvalue weighted by Gasteiger charge is 2.37. The number of nitrogens with one attached hydrogen (secondary N) is 1. The van der Waals surface area contributed by atoms with Crippen LogP contribution < -0.4 is 5.32 Å². The van der Waals surface area contributed by atoms with E-state index >= 15 is 0 Å². The van der Waals surface area contributed by atoms with Gasteiger partial charge in [-0.05, 0) is 24.3 Å². The van der Waals surface area contributed by atoms with Crippen LogP contribution >= 0.6 is 11.3 Å². The number of carbonyl (C=O) groups excluding carboxylic acids is 1. The molecule has 1 aromatic heterocycles. The maximum atomic E-state index is 11.8. The summed E-state index contributed by atoms with van der Waals surface area (Å²) in [4.78, 5) is 12.6. The van der Waals surface area contributed by atoms with Gasteiger partial charge in [0.1, 0.15) is 6.61 Å². The first-order chi connectivity index (χ1) is 8.13. The van der Waals surface area contributed by atoms with E-state index in [0.717, 1.165) is 11.4 Å². The molecule has 0 atom stereocenters. The van der Waals surface area contributed by atoms with Crippen molar-refractivity contribution < 1.29 is 9.90 Å². The van der Waals surface area contributed by atoms with Crippen LogP contribution in [0.15, 0.2) is 11.4 Å². The topological polar surface area (TPSA) is 49.3 Å². The van der Waals surface area contributed by atoms with Gasteiger partial charge in [-0.1, -0.05) is 18.8 Å². The smallest absolute Gasteiger partial charge is 0.252 e. The van der Waals surface area contributed by atoms with Gasteiger partial charge in [-0.25, -0.2) is 0 Å². The lowest BCUT2D eigenvalue weighted by molar-refractivity contribution is 0.0946. The van der Waals surface area contributed by atoms with Crippen molar-refractivity contribution in [2.24, 2.45) is 5.41 Å². The van der Waals surface area contributed by atoms with Crippen molar-refractivity contribution in [3.8, 4) is 11.8 Å². The normalized spacial score (nSPS) is 15.9. The Morgan fingerprint density at radius 2 is 2.41 bits per heavy atom. The molecule has 1 aliphatic rings. The molecule has 1 amide bonds. The minimum atomic E-state index is -0.155. The zero-order chi connectivity index (χ0) is 12.3. The number of hydrogen-bond donors (Lipinski definition) is 2. The highest BCUT2D eigenvalue weighted by molar-refractivity contribution is 7.10. The van der Waals surface area contributed by atoms with Crippen molar-refractivity contribution >= 4 is 17.2 Å². The third-order valence-corrected chi connectivity index (χ3v) is 3.78. The number of carbonyl (C=O) groups is 1. The van der Waals surface area contributed by atoms with E-state index in [0.29, 0.717) is 11.0 Å². The summed E-state index contributed by atoms with van der Waals surface area (Å²) in [5.41, 5.74) is 0.979. The highest BCUT2D eigenvalue weighted by atomic mass is 32.1. The molecule has 0 unspecified atom stereocenters. The van der Waals surface area contributed by atoms with Crippen LogP contribution in [0.3, 0.4) is 0 Å². The van der Waals surface area contributed by atoms with Gasteiger partial charge in [0.2, 0.25) is 0 Å². The zero-order valence-corrected chi connectivity index (χ0v) is 10.6. The maximum absolute atomic E-state index is 11.8. The number of hydrogen-bond acceptors (Lipinski definition) is 3. The van der Waals surface area contributed by atoms with Crippen molar-refractivity contribution in [3.05, 3.63) is 21.9 Å². The van der Waals surface area contributed by atoms with E-state index in [-0.39, 0.29) is 12.5 Å². The number of thiophene rings is 1. The van der Waals surface area contributed by atoms with Crippen molar-refractivity contribution in [1.82, 2.24) is 5.32 Å². The van der Waals surface area contributed by atoms with E-state index < -0.39 is 0 Å². The highest BCUT2D eigenvalue weighted by Crippen LogP contribution is 2.44. The van der Waals surface area contributed by atoms with Crippen molar-refractivity contribution in [2.45, 2.75) is 19.8 Å². The van der Waals surface area contributed by atoms with Gasteiger partial charge in [0, 0.05) is 11.9 Å². The van der Waals surface area contributed by atoms with E-state index in [1.165, 1.54) is 24.2 Å². The Bertz CT molecular complexity index is 477. The Kier molecular flexibility index (Phi) is 3.51. The molecule has 0 aliphatic heterocycles. The minimum absolute atomic E-state index is 0.0357. The first-order valence-corrected chi connectivity index (χ1v) is 6.47. The van der Waals surface area contributed by atoms with Crippen LogP contribution in [0.5, 0.6) is 0 Å². The summed E-state index contributed by atoms with van der Waals surface area (Å²) in [6.07, 6.45) is 2.40. The van der Waals surface area contributed by atoms with Crippen LogP contribution in [0.1, 0.15) is 35.0 Å². The Labute approximate surface area is 105 Å². The van der Waals surface area contributed by atoms with E-state index in [2.05, 4.69) is 24.1 Å². The van der Waals surface area contributed by atoms with Gasteiger partial charge in [0.25, 0.3) is 5.91 Å². The van der Waals surface area contributed by atoms with Crippen molar-refractivity contribution in [2.75, 3.05) is 13.2 Å². The van der Waals surface area contributed by atoms with E-state index in [1.807, 2.05) is 0 Å². The van der Waals surface area contributed by atoms with Crippen molar-refractivity contribution in [3.63, 3.8) is 0 Å². The summed E-state index contributed by atoms with van der Waals surface area (Å²) < 4.78 is 0. The lowest BCUT2D eigenvalue weighted by atomic mass is 10.1. The first kappa shape index (κ1) is 12.2. The summed E-state index contributed by atoms with van der Waals surface area (Å²) in [5.74, 6) is 5.32. The standard InChI is InChI=1S/C13H15NO2S/c1-13(4-5-13)9-14-12(16)10-7-11(17-8-10)3-2-6-15/h7-8,15H,4-6,9H2,1H3,(H,14,16). The average Bonchev–Trinajstić information content (AvgIpc) is 2.88. The molecule has 1 heterocycles.